The maximum absolute atomic E-state index is 13.1. The monoisotopic (exact) mass is 388 g/mol. The summed E-state index contributed by atoms with van der Waals surface area (Å²) in [6.07, 6.45) is 4.13. The van der Waals surface area contributed by atoms with Gasteiger partial charge in [-0.3, -0.25) is 9.59 Å². The quantitative estimate of drug-likeness (QED) is 0.691. The average Bonchev–Trinajstić information content (AvgIpc) is 2.90. The lowest BCUT2D eigenvalue weighted by Crippen LogP contribution is -2.15. The maximum atomic E-state index is 13.1. The van der Waals surface area contributed by atoms with Gasteiger partial charge in [0.15, 0.2) is 0 Å². The molecule has 2 amide bonds. The molecule has 0 atom stereocenters. The molecular weight excluding hydrogens is 364 g/mol. The van der Waals surface area contributed by atoms with Crippen LogP contribution in [-0.4, -0.2) is 21.4 Å². The summed E-state index contributed by atoms with van der Waals surface area (Å²) in [5.41, 5.74) is 3.76. The van der Waals surface area contributed by atoms with Crippen LogP contribution in [0.2, 0.25) is 0 Å². The summed E-state index contributed by atoms with van der Waals surface area (Å²) in [6, 6.07) is 17.1. The van der Waals surface area contributed by atoms with Crippen molar-refractivity contribution in [1.82, 2.24) is 9.55 Å². The number of rotatable bonds is 4. The van der Waals surface area contributed by atoms with Crippen LogP contribution in [0.4, 0.5) is 11.4 Å². The zero-order valence-electron chi connectivity index (χ0n) is 16.4. The first-order valence-corrected chi connectivity index (χ1v) is 9.95. The average molecular weight is 388 g/mol. The van der Waals surface area contributed by atoms with E-state index in [-0.39, 0.29) is 11.8 Å². The highest BCUT2D eigenvalue weighted by Crippen LogP contribution is 2.28. The maximum Gasteiger partial charge on any atom is 0.276 e. The van der Waals surface area contributed by atoms with Crippen molar-refractivity contribution in [2.24, 2.45) is 0 Å². The first-order chi connectivity index (χ1) is 14.1. The third-order valence-electron chi connectivity index (χ3n) is 5.06. The molecule has 0 unspecified atom stereocenters. The fraction of sp³-hybridized carbons (Fsp3) is 0.261. The molecule has 2 N–H and O–H groups in total. The Balaban J connectivity index is 1.67. The van der Waals surface area contributed by atoms with Crippen LogP contribution >= 0.6 is 0 Å². The largest absolute Gasteiger partial charge is 0.327 e. The van der Waals surface area contributed by atoms with E-state index in [1.54, 1.807) is 24.3 Å². The van der Waals surface area contributed by atoms with E-state index in [9.17, 15) is 9.59 Å². The normalized spacial score (nSPS) is 13.3. The minimum atomic E-state index is -0.224. The van der Waals surface area contributed by atoms with Gasteiger partial charge in [0.1, 0.15) is 11.5 Å². The smallest absolute Gasteiger partial charge is 0.276 e. The Morgan fingerprint density at radius 2 is 1.69 bits per heavy atom. The molecule has 3 aromatic rings. The molecule has 0 radical (unpaired) electrons. The molecule has 0 aliphatic carbocycles. The van der Waals surface area contributed by atoms with Crippen molar-refractivity contribution in [2.75, 3.05) is 10.6 Å². The van der Waals surface area contributed by atoms with Gasteiger partial charge in [0.05, 0.1) is 5.69 Å². The van der Waals surface area contributed by atoms with Crippen molar-refractivity contribution in [1.29, 1.82) is 0 Å². The summed E-state index contributed by atoms with van der Waals surface area (Å²) in [6.45, 7) is 2.33. The fourth-order valence-electron chi connectivity index (χ4n) is 3.78. The molecule has 0 saturated heterocycles. The number of carbonyl (C=O) groups excluding carboxylic acids is 2. The van der Waals surface area contributed by atoms with E-state index in [1.165, 1.54) is 6.92 Å². The molecular formula is C23H24N4O2. The molecule has 2 heterocycles. The number of hydrogen-bond donors (Lipinski definition) is 2. The predicted molar refractivity (Wildman–Crippen MR) is 114 cm³/mol. The predicted octanol–water partition coefficient (Wildman–Crippen LogP) is 4.49. The van der Waals surface area contributed by atoms with E-state index in [0.717, 1.165) is 49.3 Å². The summed E-state index contributed by atoms with van der Waals surface area (Å²) in [5, 5.41) is 5.67. The molecule has 0 saturated carbocycles. The zero-order chi connectivity index (χ0) is 20.2. The van der Waals surface area contributed by atoms with Gasteiger partial charge < -0.3 is 15.2 Å². The minimum absolute atomic E-state index is 0.152. The topological polar surface area (TPSA) is 76.0 Å². The first kappa shape index (κ1) is 18.9. The Labute approximate surface area is 170 Å². The van der Waals surface area contributed by atoms with Gasteiger partial charge in [0, 0.05) is 30.4 Å². The molecule has 148 valence electrons. The molecule has 4 rings (SSSR count). The second kappa shape index (κ2) is 8.31. The van der Waals surface area contributed by atoms with Crippen molar-refractivity contribution in [3.05, 3.63) is 66.0 Å². The van der Waals surface area contributed by atoms with Crippen molar-refractivity contribution in [3.63, 3.8) is 0 Å². The zero-order valence-corrected chi connectivity index (χ0v) is 16.4. The first-order valence-electron chi connectivity index (χ1n) is 9.95. The number of nitrogens with one attached hydrogen (secondary N) is 2. The number of amides is 2. The van der Waals surface area contributed by atoms with Gasteiger partial charge in [0.2, 0.25) is 5.91 Å². The summed E-state index contributed by atoms with van der Waals surface area (Å²) in [4.78, 5) is 29.1. The number of anilines is 2. The van der Waals surface area contributed by atoms with Gasteiger partial charge in [-0.1, -0.05) is 42.8 Å². The Hall–Kier alpha value is -3.41. The van der Waals surface area contributed by atoms with E-state index in [4.69, 9.17) is 4.98 Å². The number of aromatic nitrogens is 2. The highest BCUT2D eigenvalue weighted by molar-refractivity contribution is 6.04. The summed E-state index contributed by atoms with van der Waals surface area (Å²) in [7, 11) is 0. The highest BCUT2D eigenvalue weighted by Gasteiger charge is 2.24. The SMILES string of the molecule is CC(=O)Nc1cccc(NC(=O)c2nc(-c3ccccc3)n3c2CCCCC3)c1. The van der Waals surface area contributed by atoms with Crippen LogP contribution in [-0.2, 0) is 17.8 Å². The molecule has 1 aliphatic heterocycles. The van der Waals surface area contributed by atoms with Gasteiger partial charge in [-0.15, -0.1) is 0 Å². The van der Waals surface area contributed by atoms with Crippen LogP contribution < -0.4 is 10.6 Å². The van der Waals surface area contributed by atoms with Crippen LogP contribution in [0.15, 0.2) is 54.6 Å². The number of carbonyl (C=O) groups is 2. The van der Waals surface area contributed by atoms with Crippen LogP contribution in [0.3, 0.4) is 0 Å². The van der Waals surface area contributed by atoms with E-state index in [1.807, 2.05) is 30.3 Å². The van der Waals surface area contributed by atoms with E-state index in [0.29, 0.717) is 17.1 Å². The van der Waals surface area contributed by atoms with E-state index in [2.05, 4.69) is 15.2 Å². The van der Waals surface area contributed by atoms with Crippen molar-refractivity contribution < 1.29 is 9.59 Å². The number of fused-ring (bicyclic) bond motifs is 1. The van der Waals surface area contributed by atoms with Crippen LogP contribution in [0, 0.1) is 0 Å². The third-order valence-corrected chi connectivity index (χ3v) is 5.06. The lowest BCUT2D eigenvalue weighted by atomic mass is 10.1. The van der Waals surface area contributed by atoms with E-state index >= 15 is 0 Å². The number of benzene rings is 2. The Kier molecular flexibility index (Phi) is 5.42. The molecule has 1 aliphatic rings. The van der Waals surface area contributed by atoms with Crippen LogP contribution in [0.25, 0.3) is 11.4 Å². The van der Waals surface area contributed by atoms with Crippen LogP contribution in [0.5, 0.6) is 0 Å². The summed E-state index contributed by atoms with van der Waals surface area (Å²) < 4.78 is 2.20. The number of nitrogens with zero attached hydrogens (tertiary/aromatic N) is 2. The van der Waals surface area contributed by atoms with Gasteiger partial charge in [0.25, 0.3) is 5.91 Å². The lowest BCUT2D eigenvalue weighted by molar-refractivity contribution is -0.114. The van der Waals surface area contributed by atoms with Crippen LogP contribution in [0.1, 0.15) is 42.4 Å². The third kappa shape index (κ3) is 4.21. The molecule has 6 heteroatoms. The van der Waals surface area contributed by atoms with Gasteiger partial charge in [-0.25, -0.2) is 4.98 Å². The Morgan fingerprint density at radius 1 is 0.931 bits per heavy atom. The highest BCUT2D eigenvalue weighted by atomic mass is 16.2. The van der Waals surface area contributed by atoms with Gasteiger partial charge in [-0.05, 0) is 37.5 Å². The number of hydrogen-bond acceptors (Lipinski definition) is 3. The second-order valence-electron chi connectivity index (χ2n) is 7.28. The van der Waals surface area contributed by atoms with E-state index < -0.39 is 0 Å². The van der Waals surface area contributed by atoms with Gasteiger partial charge >= 0.3 is 0 Å². The Bertz CT molecular complexity index is 1040. The molecule has 6 nitrogen and oxygen atoms in total. The molecule has 0 bridgehead atoms. The second-order valence-corrected chi connectivity index (χ2v) is 7.28. The van der Waals surface area contributed by atoms with Gasteiger partial charge in [-0.2, -0.15) is 0 Å². The molecule has 2 aromatic carbocycles. The van der Waals surface area contributed by atoms with Crippen molar-refractivity contribution in [2.45, 2.75) is 39.2 Å². The van der Waals surface area contributed by atoms with Crippen molar-refractivity contribution in [3.8, 4) is 11.4 Å². The molecule has 0 spiro atoms. The summed E-state index contributed by atoms with van der Waals surface area (Å²) in [5.74, 6) is 0.470. The molecule has 0 fully saturated rings. The molecule has 29 heavy (non-hydrogen) atoms. The Morgan fingerprint density at radius 3 is 2.45 bits per heavy atom. The lowest BCUT2D eigenvalue weighted by Gasteiger charge is -2.09. The minimum Gasteiger partial charge on any atom is -0.327 e. The fourth-order valence-corrected chi connectivity index (χ4v) is 3.78. The number of imidazole rings is 1. The van der Waals surface area contributed by atoms with Crippen molar-refractivity contribution >= 4 is 23.2 Å². The summed E-state index contributed by atoms with van der Waals surface area (Å²) >= 11 is 0. The molecule has 1 aromatic heterocycles. The standard InChI is InChI=1S/C23H24N4O2/c1-16(28)24-18-11-8-12-19(15-18)25-23(29)21-20-13-6-3-7-14-27(20)22(26-21)17-9-4-2-5-10-17/h2,4-5,8-12,15H,3,6-7,13-14H2,1H3,(H,24,28)(H,25,29).